The fourth-order valence-electron chi connectivity index (χ4n) is 1.31. The van der Waals surface area contributed by atoms with Gasteiger partial charge in [0.1, 0.15) is 0 Å². The Morgan fingerprint density at radius 2 is 2.07 bits per heavy atom. The molecule has 0 aliphatic rings. The van der Waals surface area contributed by atoms with Gasteiger partial charge in [-0.3, -0.25) is 0 Å². The van der Waals surface area contributed by atoms with E-state index in [1.807, 2.05) is 30.3 Å². The Kier molecular flexibility index (Phi) is 4.06. The number of hydrogen-bond acceptors (Lipinski definition) is 3. The molecule has 2 N–H and O–H groups in total. The maximum absolute atomic E-state index is 11.1. The fourth-order valence-corrected chi connectivity index (χ4v) is 1.31. The number of carbonyl (C=O) groups is 1. The van der Waals surface area contributed by atoms with Crippen LogP contribution in [0.1, 0.15) is 18.0 Å². The predicted octanol–water partition coefficient (Wildman–Crippen LogP) is 1.81. The van der Waals surface area contributed by atoms with Crippen molar-refractivity contribution in [1.82, 2.24) is 0 Å². The molecule has 80 valence electrons. The van der Waals surface area contributed by atoms with Gasteiger partial charge in [-0.25, -0.2) is 4.79 Å². The van der Waals surface area contributed by atoms with Crippen LogP contribution < -0.4 is 5.73 Å². The number of ether oxygens (including phenoxy) is 1. The monoisotopic (exact) mass is 205 g/mol. The minimum absolute atomic E-state index is 0.210. The summed E-state index contributed by atoms with van der Waals surface area (Å²) in [4.78, 5) is 11.1. The van der Waals surface area contributed by atoms with Crippen molar-refractivity contribution < 1.29 is 9.53 Å². The number of nitrogens with two attached hydrogens (primary N) is 1. The molecule has 1 aromatic rings. The van der Waals surface area contributed by atoms with Gasteiger partial charge in [-0.2, -0.15) is 0 Å². The topological polar surface area (TPSA) is 52.3 Å². The van der Waals surface area contributed by atoms with Crippen LogP contribution in [0.3, 0.4) is 0 Å². The second-order valence-corrected chi connectivity index (χ2v) is 3.32. The van der Waals surface area contributed by atoms with Crippen LogP contribution in [0.15, 0.2) is 42.5 Å². The highest BCUT2D eigenvalue weighted by Gasteiger charge is 2.12. The van der Waals surface area contributed by atoms with Gasteiger partial charge in [0.05, 0.1) is 7.11 Å². The van der Waals surface area contributed by atoms with Crippen molar-refractivity contribution in [2.24, 2.45) is 5.73 Å². The molecule has 0 heterocycles. The fraction of sp³-hybridized carbons (Fsp3) is 0.250. The zero-order valence-corrected chi connectivity index (χ0v) is 8.77. The van der Waals surface area contributed by atoms with Crippen molar-refractivity contribution in [3.63, 3.8) is 0 Å². The molecule has 0 saturated heterocycles. The normalized spacial score (nSPS) is 11.9. The summed E-state index contributed by atoms with van der Waals surface area (Å²) in [5.74, 6) is -0.401. The largest absolute Gasteiger partial charge is 0.466 e. The van der Waals surface area contributed by atoms with E-state index in [1.165, 1.54) is 7.11 Å². The summed E-state index contributed by atoms with van der Waals surface area (Å²) in [6.07, 6.45) is 0.413. The molecule has 0 fully saturated rings. The van der Waals surface area contributed by atoms with Gasteiger partial charge in [-0.15, -0.1) is 0 Å². The second-order valence-electron chi connectivity index (χ2n) is 3.32. The van der Waals surface area contributed by atoms with E-state index in [0.29, 0.717) is 12.0 Å². The molecule has 15 heavy (non-hydrogen) atoms. The summed E-state index contributed by atoms with van der Waals surface area (Å²) in [5, 5.41) is 0. The van der Waals surface area contributed by atoms with Gasteiger partial charge in [-0.1, -0.05) is 36.9 Å². The van der Waals surface area contributed by atoms with Crippen molar-refractivity contribution in [2.45, 2.75) is 12.5 Å². The van der Waals surface area contributed by atoms with Crippen LogP contribution in [0.5, 0.6) is 0 Å². The molecule has 0 radical (unpaired) electrons. The number of methoxy groups -OCH3 is 1. The van der Waals surface area contributed by atoms with Crippen LogP contribution in [0.4, 0.5) is 0 Å². The van der Waals surface area contributed by atoms with Crippen molar-refractivity contribution in [2.75, 3.05) is 7.11 Å². The summed E-state index contributed by atoms with van der Waals surface area (Å²) in [5.41, 5.74) is 7.31. The first-order valence-electron chi connectivity index (χ1n) is 4.71. The highest BCUT2D eigenvalue weighted by molar-refractivity contribution is 5.87. The van der Waals surface area contributed by atoms with Gasteiger partial charge in [0.25, 0.3) is 0 Å². The summed E-state index contributed by atoms with van der Waals surface area (Å²) in [7, 11) is 1.33. The highest BCUT2D eigenvalue weighted by atomic mass is 16.5. The SMILES string of the molecule is C=C(CC(N)c1ccccc1)C(=O)OC. The van der Waals surface area contributed by atoms with E-state index in [0.717, 1.165) is 5.56 Å². The van der Waals surface area contributed by atoms with Gasteiger partial charge < -0.3 is 10.5 Å². The molecule has 1 atom stereocenters. The number of rotatable bonds is 4. The first-order valence-corrected chi connectivity index (χ1v) is 4.71. The summed E-state index contributed by atoms with van der Waals surface area (Å²) < 4.78 is 4.55. The Labute approximate surface area is 89.5 Å². The number of carbonyl (C=O) groups excluding carboxylic acids is 1. The maximum Gasteiger partial charge on any atom is 0.333 e. The van der Waals surface area contributed by atoms with E-state index >= 15 is 0 Å². The lowest BCUT2D eigenvalue weighted by Crippen LogP contribution is -2.14. The molecular weight excluding hydrogens is 190 g/mol. The summed E-state index contributed by atoms with van der Waals surface area (Å²) in [6.45, 7) is 3.64. The molecule has 0 saturated carbocycles. The molecule has 0 aliphatic carbocycles. The molecule has 0 aromatic heterocycles. The third kappa shape index (κ3) is 3.22. The molecular formula is C12H15NO2. The van der Waals surface area contributed by atoms with Crippen LogP contribution in [0.2, 0.25) is 0 Å². The standard InChI is InChI=1S/C12H15NO2/c1-9(12(14)15-2)8-11(13)10-6-4-3-5-7-10/h3-7,11H,1,8,13H2,2H3. The Morgan fingerprint density at radius 1 is 1.47 bits per heavy atom. The minimum Gasteiger partial charge on any atom is -0.466 e. The van der Waals surface area contributed by atoms with E-state index in [9.17, 15) is 4.79 Å². The van der Waals surface area contributed by atoms with Crippen molar-refractivity contribution in [3.05, 3.63) is 48.0 Å². The highest BCUT2D eigenvalue weighted by Crippen LogP contribution is 2.17. The third-order valence-corrected chi connectivity index (χ3v) is 2.17. The van der Waals surface area contributed by atoms with Crippen LogP contribution in [-0.4, -0.2) is 13.1 Å². The summed E-state index contributed by atoms with van der Waals surface area (Å²) >= 11 is 0. The van der Waals surface area contributed by atoms with Gasteiger partial charge in [0.15, 0.2) is 0 Å². The minimum atomic E-state index is -0.401. The second kappa shape index (κ2) is 5.32. The lowest BCUT2D eigenvalue weighted by atomic mass is 10.0. The van der Waals surface area contributed by atoms with Gasteiger partial charge in [0, 0.05) is 11.6 Å². The molecule has 0 amide bonds. The smallest absolute Gasteiger partial charge is 0.333 e. The quantitative estimate of drug-likeness (QED) is 0.602. The molecule has 1 rings (SSSR count). The Bertz CT molecular complexity index is 346. The van der Waals surface area contributed by atoms with E-state index in [4.69, 9.17) is 5.73 Å². The Balaban J connectivity index is 2.60. The molecule has 1 unspecified atom stereocenters. The molecule has 1 aromatic carbocycles. The Hall–Kier alpha value is -1.61. The first-order chi connectivity index (χ1) is 7.15. The zero-order chi connectivity index (χ0) is 11.3. The van der Waals surface area contributed by atoms with Gasteiger partial charge in [0.2, 0.25) is 0 Å². The lowest BCUT2D eigenvalue weighted by molar-refractivity contribution is -0.136. The number of esters is 1. The van der Waals surface area contributed by atoms with Gasteiger partial charge >= 0.3 is 5.97 Å². The molecule has 0 spiro atoms. The predicted molar refractivity (Wildman–Crippen MR) is 59.1 cm³/mol. The first kappa shape index (κ1) is 11.5. The van der Waals surface area contributed by atoms with Crippen molar-refractivity contribution >= 4 is 5.97 Å². The molecule has 3 heteroatoms. The van der Waals surface area contributed by atoms with Gasteiger partial charge in [-0.05, 0) is 12.0 Å². The van der Waals surface area contributed by atoms with E-state index in [1.54, 1.807) is 0 Å². The zero-order valence-electron chi connectivity index (χ0n) is 8.77. The molecule has 0 bridgehead atoms. The molecule has 0 aliphatic heterocycles. The lowest BCUT2D eigenvalue weighted by Gasteiger charge is -2.12. The summed E-state index contributed by atoms with van der Waals surface area (Å²) in [6, 6.07) is 9.39. The van der Waals surface area contributed by atoms with Crippen molar-refractivity contribution in [3.8, 4) is 0 Å². The van der Waals surface area contributed by atoms with Crippen LogP contribution in [0.25, 0.3) is 0 Å². The molecule has 3 nitrogen and oxygen atoms in total. The third-order valence-electron chi connectivity index (χ3n) is 2.17. The number of hydrogen-bond donors (Lipinski definition) is 1. The average molecular weight is 205 g/mol. The van der Waals surface area contributed by atoms with Crippen LogP contribution >= 0.6 is 0 Å². The van der Waals surface area contributed by atoms with E-state index in [-0.39, 0.29) is 6.04 Å². The Morgan fingerprint density at radius 3 is 2.60 bits per heavy atom. The number of benzene rings is 1. The van der Waals surface area contributed by atoms with Crippen LogP contribution in [0, 0.1) is 0 Å². The maximum atomic E-state index is 11.1. The van der Waals surface area contributed by atoms with Crippen molar-refractivity contribution in [1.29, 1.82) is 0 Å². The van der Waals surface area contributed by atoms with Crippen LogP contribution in [-0.2, 0) is 9.53 Å². The van der Waals surface area contributed by atoms with E-state index < -0.39 is 5.97 Å². The average Bonchev–Trinajstić information content (AvgIpc) is 2.29. The van der Waals surface area contributed by atoms with E-state index in [2.05, 4.69) is 11.3 Å².